The van der Waals surface area contributed by atoms with Gasteiger partial charge in [0.25, 0.3) is 0 Å². The lowest BCUT2D eigenvalue weighted by molar-refractivity contribution is -0.114. The number of carbonyl (C=O) groups excluding carboxylic acids is 1. The van der Waals surface area contributed by atoms with E-state index in [0.29, 0.717) is 22.4 Å². The highest BCUT2D eigenvalue weighted by Crippen LogP contribution is 2.24. The summed E-state index contributed by atoms with van der Waals surface area (Å²) in [7, 11) is 0. The Morgan fingerprint density at radius 3 is 2.45 bits per heavy atom. The van der Waals surface area contributed by atoms with Gasteiger partial charge in [-0.15, -0.1) is 0 Å². The fourth-order valence-electron chi connectivity index (χ4n) is 2.30. The second kappa shape index (κ2) is 5.48. The Hall–Kier alpha value is -2.88. The largest absolute Gasteiger partial charge is 0.456 e. The number of nitrogens with one attached hydrogen (secondary N) is 1. The zero-order valence-corrected chi connectivity index (χ0v) is 12.3. The van der Waals surface area contributed by atoms with E-state index in [0.717, 1.165) is 11.1 Å². The molecule has 1 N–H and O–H groups in total. The standard InChI is InChI=1S/C18H15NO3/c1-11-3-5-13(6-4-11)18-10-16(21)15-9-14(19-12(2)20)7-8-17(15)22-18/h3-10H,1-2H3,(H,19,20). The van der Waals surface area contributed by atoms with Crippen molar-refractivity contribution in [2.45, 2.75) is 13.8 Å². The fourth-order valence-corrected chi connectivity index (χ4v) is 2.30. The highest BCUT2D eigenvalue weighted by atomic mass is 16.3. The van der Waals surface area contributed by atoms with Crippen molar-refractivity contribution in [1.82, 2.24) is 0 Å². The molecule has 1 amide bonds. The van der Waals surface area contributed by atoms with Crippen LogP contribution in [0.25, 0.3) is 22.3 Å². The Labute approximate surface area is 127 Å². The molecule has 0 spiro atoms. The minimum atomic E-state index is -0.181. The monoisotopic (exact) mass is 293 g/mol. The van der Waals surface area contributed by atoms with Gasteiger partial charge in [0.05, 0.1) is 5.39 Å². The molecule has 1 aromatic heterocycles. The van der Waals surface area contributed by atoms with Gasteiger partial charge in [-0.1, -0.05) is 29.8 Å². The molecule has 4 heteroatoms. The van der Waals surface area contributed by atoms with Crippen LogP contribution in [0.5, 0.6) is 0 Å². The number of benzene rings is 2. The molecule has 0 saturated heterocycles. The molecule has 110 valence electrons. The lowest BCUT2D eigenvalue weighted by Crippen LogP contribution is -2.07. The first-order valence-electron chi connectivity index (χ1n) is 6.95. The maximum Gasteiger partial charge on any atom is 0.221 e. The van der Waals surface area contributed by atoms with Gasteiger partial charge in [-0.25, -0.2) is 0 Å². The highest BCUT2D eigenvalue weighted by molar-refractivity contribution is 5.92. The van der Waals surface area contributed by atoms with Crippen molar-refractivity contribution in [3.63, 3.8) is 0 Å². The van der Waals surface area contributed by atoms with E-state index in [2.05, 4.69) is 5.32 Å². The van der Waals surface area contributed by atoms with Gasteiger partial charge in [0, 0.05) is 24.2 Å². The van der Waals surface area contributed by atoms with Crippen LogP contribution in [0.15, 0.2) is 57.7 Å². The summed E-state index contributed by atoms with van der Waals surface area (Å²) in [5.41, 5.74) is 2.94. The molecule has 3 rings (SSSR count). The summed E-state index contributed by atoms with van der Waals surface area (Å²) < 4.78 is 5.82. The third-order valence-electron chi connectivity index (χ3n) is 3.38. The van der Waals surface area contributed by atoms with Crippen molar-refractivity contribution in [2.24, 2.45) is 0 Å². The first-order valence-corrected chi connectivity index (χ1v) is 6.95. The van der Waals surface area contributed by atoms with Crippen LogP contribution in [-0.4, -0.2) is 5.91 Å². The molecule has 0 aliphatic rings. The highest BCUT2D eigenvalue weighted by Gasteiger charge is 2.08. The molecule has 3 aromatic rings. The van der Waals surface area contributed by atoms with E-state index < -0.39 is 0 Å². The van der Waals surface area contributed by atoms with Crippen molar-refractivity contribution in [3.05, 3.63) is 64.3 Å². The van der Waals surface area contributed by atoms with E-state index in [1.165, 1.54) is 13.0 Å². The third-order valence-corrected chi connectivity index (χ3v) is 3.38. The number of amides is 1. The molecule has 0 bridgehead atoms. The van der Waals surface area contributed by atoms with Gasteiger partial charge < -0.3 is 9.73 Å². The summed E-state index contributed by atoms with van der Waals surface area (Å²) in [5, 5.41) is 3.10. The first-order chi connectivity index (χ1) is 10.5. The summed E-state index contributed by atoms with van der Waals surface area (Å²) in [6, 6.07) is 14.3. The molecular weight excluding hydrogens is 278 g/mol. The molecule has 1 heterocycles. The van der Waals surface area contributed by atoms with E-state index in [-0.39, 0.29) is 11.3 Å². The maximum atomic E-state index is 12.3. The van der Waals surface area contributed by atoms with Gasteiger partial charge in [-0.3, -0.25) is 9.59 Å². The zero-order chi connectivity index (χ0) is 15.7. The van der Waals surface area contributed by atoms with Crippen molar-refractivity contribution in [2.75, 3.05) is 5.32 Å². The van der Waals surface area contributed by atoms with Crippen molar-refractivity contribution < 1.29 is 9.21 Å². The van der Waals surface area contributed by atoms with Gasteiger partial charge in [-0.2, -0.15) is 0 Å². The van der Waals surface area contributed by atoms with Gasteiger partial charge >= 0.3 is 0 Å². The average Bonchev–Trinajstić information content (AvgIpc) is 2.48. The van der Waals surface area contributed by atoms with Crippen LogP contribution in [0.4, 0.5) is 5.69 Å². The van der Waals surface area contributed by atoms with Crippen molar-refractivity contribution >= 4 is 22.6 Å². The molecule has 0 saturated carbocycles. The molecule has 2 aromatic carbocycles. The van der Waals surface area contributed by atoms with Gasteiger partial charge in [0.2, 0.25) is 5.91 Å². The van der Waals surface area contributed by atoms with Crippen LogP contribution >= 0.6 is 0 Å². The number of hydrogen-bond donors (Lipinski definition) is 1. The smallest absolute Gasteiger partial charge is 0.221 e. The lowest BCUT2D eigenvalue weighted by atomic mass is 10.1. The molecule has 0 aliphatic heterocycles. The Bertz CT molecular complexity index is 908. The van der Waals surface area contributed by atoms with E-state index >= 15 is 0 Å². The van der Waals surface area contributed by atoms with Crippen LogP contribution in [0.2, 0.25) is 0 Å². The molecule has 22 heavy (non-hydrogen) atoms. The summed E-state index contributed by atoms with van der Waals surface area (Å²) in [4.78, 5) is 23.4. The Morgan fingerprint density at radius 1 is 1.05 bits per heavy atom. The van der Waals surface area contributed by atoms with E-state index in [9.17, 15) is 9.59 Å². The number of aryl methyl sites for hydroxylation is 1. The maximum absolute atomic E-state index is 12.3. The fraction of sp³-hybridized carbons (Fsp3) is 0.111. The van der Waals surface area contributed by atoms with E-state index in [4.69, 9.17) is 4.42 Å². The van der Waals surface area contributed by atoms with Crippen LogP contribution in [-0.2, 0) is 4.79 Å². The second-order valence-corrected chi connectivity index (χ2v) is 5.23. The number of hydrogen-bond acceptors (Lipinski definition) is 3. The predicted octanol–water partition coefficient (Wildman–Crippen LogP) is 3.73. The van der Waals surface area contributed by atoms with Gasteiger partial charge in [0.1, 0.15) is 11.3 Å². The van der Waals surface area contributed by atoms with Gasteiger partial charge in [0.15, 0.2) is 5.43 Å². The average molecular weight is 293 g/mol. The van der Waals surface area contributed by atoms with Crippen LogP contribution in [0.1, 0.15) is 12.5 Å². The predicted molar refractivity (Wildman–Crippen MR) is 87.0 cm³/mol. The third kappa shape index (κ3) is 2.76. The summed E-state index contributed by atoms with van der Waals surface area (Å²) >= 11 is 0. The number of anilines is 1. The molecule has 0 unspecified atom stereocenters. The van der Waals surface area contributed by atoms with E-state index in [1.54, 1.807) is 18.2 Å². The molecular formula is C18H15NO3. The summed E-state index contributed by atoms with van der Waals surface area (Å²) in [6.07, 6.45) is 0. The Kier molecular flexibility index (Phi) is 3.51. The molecule has 0 fully saturated rings. The molecule has 0 radical (unpaired) electrons. The molecule has 0 aliphatic carbocycles. The van der Waals surface area contributed by atoms with Crippen LogP contribution in [0, 0.1) is 6.92 Å². The quantitative estimate of drug-likeness (QED) is 0.783. The normalized spacial score (nSPS) is 10.6. The SMILES string of the molecule is CC(=O)Nc1ccc2oc(-c3ccc(C)cc3)cc(=O)c2c1. The van der Waals surface area contributed by atoms with E-state index in [1.807, 2.05) is 31.2 Å². The minimum absolute atomic E-state index is 0.135. The lowest BCUT2D eigenvalue weighted by Gasteiger charge is -2.06. The second-order valence-electron chi connectivity index (χ2n) is 5.23. The number of rotatable bonds is 2. The zero-order valence-electron chi connectivity index (χ0n) is 12.3. The Morgan fingerprint density at radius 2 is 1.77 bits per heavy atom. The van der Waals surface area contributed by atoms with Crippen molar-refractivity contribution in [3.8, 4) is 11.3 Å². The minimum Gasteiger partial charge on any atom is -0.456 e. The number of carbonyl (C=O) groups is 1. The molecule has 0 atom stereocenters. The first kappa shape index (κ1) is 14.1. The Balaban J connectivity index is 2.11. The summed E-state index contributed by atoms with van der Waals surface area (Å²) in [6.45, 7) is 3.43. The topological polar surface area (TPSA) is 59.3 Å². The summed E-state index contributed by atoms with van der Waals surface area (Å²) in [5.74, 6) is 0.352. The molecule has 4 nitrogen and oxygen atoms in total. The number of fused-ring (bicyclic) bond motifs is 1. The van der Waals surface area contributed by atoms with Crippen LogP contribution < -0.4 is 10.7 Å². The van der Waals surface area contributed by atoms with Gasteiger partial charge in [-0.05, 0) is 25.1 Å². The van der Waals surface area contributed by atoms with Crippen LogP contribution in [0.3, 0.4) is 0 Å². The van der Waals surface area contributed by atoms with Crippen molar-refractivity contribution in [1.29, 1.82) is 0 Å².